The van der Waals surface area contributed by atoms with E-state index in [-0.39, 0.29) is 25.7 Å². The Labute approximate surface area is 196 Å². The normalized spacial score (nSPS) is 16.9. The highest BCUT2D eigenvalue weighted by molar-refractivity contribution is 6.30. The number of benzene rings is 2. The number of carbonyl (C=O) groups excluding carboxylic acids is 1. The van der Waals surface area contributed by atoms with Crippen molar-refractivity contribution >= 4 is 40.6 Å². The zero-order valence-electron chi connectivity index (χ0n) is 17.4. The number of hydrogen-bond donors (Lipinski definition) is 3. The summed E-state index contributed by atoms with van der Waals surface area (Å²) in [6, 6.07) is 12.1. The average Bonchev–Trinajstić information content (AvgIpc) is 2.82. The number of nitrogen functional groups attached to an aromatic ring is 1. The fourth-order valence-corrected chi connectivity index (χ4v) is 3.72. The van der Waals surface area contributed by atoms with E-state index in [0.717, 1.165) is 16.7 Å². The molecule has 3 rings (SSSR count). The Morgan fingerprint density at radius 2 is 2.00 bits per heavy atom. The molecule has 1 amide bonds. The Bertz CT molecular complexity index is 952. The van der Waals surface area contributed by atoms with Crippen LogP contribution in [0.5, 0.6) is 5.75 Å². The maximum absolute atomic E-state index is 12.7. The number of aliphatic hydroxyl groups excluding tert-OH is 2. The molecule has 2 atom stereocenters. The summed E-state index contributed by atoms with van der Waals surface area (Å²) in [4.78, 5) is 14.3. The number of amides is 1. The lowest BCUT2D eigenvalue weighted by atomic mass is 9.91. The number of hydrogen-bond acceptors (Lipinski definition) is 6. The first kappa shape index (κ1) is 24.2. The van der Waals surface area contributed by atoms with Crippen molar-refractivity contribution in [2.24, 2.45) is 0 Å². The van der Waals surface area contributed by atoms with Crippen LogP contribution in [0.4, 0.5) is 10.5 Å². The molecule has 0 saturated heterocycles. The fourth-order valence-electron chi connectivity index (χ4n) is 3.47. The number of carbonyl (C=O) groups is 1. The second-order valence-corrected chi connectivity index (χ2v) is 8.15. The van der Waals surface area contributed by atoms with Gasteiger partial charge in [-0.15, -0.1) is 11.6 Å². The van der Waals surface area contributed by atoms with Crippen molar-refractivity contribution in [1.82, 2.24) is 4.90 Å². The zero-order valence-corrected chi connectivity index (χ0v) is 18.9. The highest BCUT2D eigenvalue weighted by atomic mass is 35.5. The van der Waals surface area contributed by atoms with Crippen molar-refractivity contribution in [2.75, 3.05) is 38.0 Å². The second kappa shape index (κ2) is 11.4. The Morgan fingerprint density at radius 1 is 1.25 bits per heavy atom. The van der Waals surface area contributed by atoms with Crippen LogP contribution >= 0.6 is 23.2 Å². The number of anilines is 1. The van der Waals surface area contributed by atoms with Crippen LogP contribution in [0.2, 0.25) is 5.02 Å². The minimum absolute atomic E-state index is 0.0196. The van der Waals surface area contributed by atoms with E-state index in [9.17, 15) is 9.90 Å². The molecule has 0 radical (unpaired) electrons. The number of ether oxygens (including phenoxy) is 2. The van der Waals surface area contributed by atoms with Crippen LogP contribution in [-0.4, -0.2) is 59.6 Å². The Morgan fingerprint density at radius 3 is 2.69 bits per heavy atom. The summed E-state index contributed by atoms with van der Waals surface area (Å²) >= 11 is 11.9. The minimum Gasteiger partial charge on any atom is -0.491 e. The molecule has 0 aliphatic carbocycles. The topological polar surface area (TPSA) is 105 Å². The van der Waals surface area contributed by atoms with Crippen LogP contribution in [0.3, 0.4) is 0 Å². The monoisotopic (exact) mass is 480 g/mol. The summed E-state index contributed by atoms with van der Waals surface area (Å²) in [5.41, 5.74) is 9.47. The lowest BCUT2D eigenvalue weighted by Crippen LogP contribution is -2.38. The van der Waals surface area contributed by atoms with Gasteiger partial charge in [0.2, 0.25) is 0 Å². The van der Waals surface area contributed by atoms with E-state index in [1.165, 1.54) is 0 Å². The van der Waals surface area contributed by atoms with E-state index in [1.54, 1.807) is 29.2 Å². The molecule has 1 heterocycles. The summed E-state index contributed by atoms with van der Waals surface area (Å²) in [6.45, 7) is 0.167. The molecule has 0 bridgehead atoms. The third-order valence-electron chi connectivity index (χ3n) is 5.09. The number of rotatable bonds is 8. The van der Waals surface area contributed by atoms with Gasteiger partial charge in [-0.05, 0) is 47.9 Å². The first-order valence-electron chi connectivity index (χ1n) is 10.2. The molecule has 172 valence electrons. The SMILES string of the molecule is Nc1ccc(Cl)cc1C1=CC(c2ccc(OCC(O)CO)cc2)N(C(=O)OCCCl)CC1. The van der Waals surface area contributed by atoms with Gasteiger partial charge in [0.25, 0.3) is 0 Å². The van der Waals surface area contributed by atoms with E-state index in [2.05, 4.69) is 0 Å². The van der Waals surface area contributed by atoms with E-state index >= 15 is 0 Å². The fraction of sp³-hybridized carbons (Fsp3) is 0.348. The third-order valence-corrected chi connectivity index (χ3v) is 5.48. The predicted octanol–water partition coefficient (Wildman–Crippen LogP) is 3.86. The van der Waals surface area contributed by atoms with Crippen LogP contribution in [0.25, 0.3) is 5.57 Å². The van der Waals surface area contributed by atoms with Gasteiger partial charge in [-0.3, -0.25) is 4.90 Å². The number of aliphatic hydroxyl groups is 2. The van der Waals surface area contributed by atoms with Gasteiger partial charge in [0.15, 0.2) is 0 Å². The van der Waals surface area contributed by atoms with E-state index in [1.807, 2.05) is 24.3 Å². The highest BCUT2D eigenvalue weighted by Gasteiger charge is 2.29. The number of halogens is 2. The van der Waals surface area contributed by atoms with Crippen molar-refractivity contribution in [2.45, 2.75) is 18.6 Å². The summed E-state index contributed by atoms with van der Waals surface area (Å²) < 4.78 is 10.7. The van der Waals surface area contributed by atoms with Gasteiger partial charge >= 0.3 is 6.09 Å². The number of nitrogens with two attached hydrogens (primary N) is 1. The zero-order chi connectivity index (χ0) is 23.1. The van der Waals surface area contributed by atoms with E-state index in [4.69, 9.17) is 43.5 Å². The van der Waals surface area contributed by atoms with Crippen LogP contribution < -0.4 is 10.5 Å². The molecular formula is C23H26Cl2N2O5. The maximum atomic E-state index is 12.7. The van der Waals surface area contributed by atoms with Crippen LogP contribution in [0.1, 0.15) is 23.6 Å². The lowest BCUT2D eigenvalue weighted by molar-refractivity contribution is 0.0536. The average molecular weight is 481 g/mol. The third kappa shape index (κ3) is 6.07. The van der Waals surface area contributed by atoms with Gasteiger partial charge in [-0.2, -0.15) is 0 Å². The predicted molar refractivity (Wildman–Crippen MR) is 125 cm³/mol. The van der Waals surface area contributed by atoms with Gasteiger partial charge in [0, 0.05) is 22.8 Å². The van der Waals surface area contributed by atoms with Crippen LogP contribution in [0.15, 0.2) is 48.5 Å². The largest absolute Gasteiger partial charge is 0.491 e. The summed E-state index contributed by atoms with van der Waals surface area (Å²) in [5, 5.41) is 19.0. The molecule has 4 N–H and O–H groups in total. The Kier molecular flexibility index (Phi) is 8.64. The first-order valence-corrected chi connectivity index (χ1v) is 11.1. The molecule has 0 fully saturated rings. The van der Waals surface area contributed by atoms with Gasteiger partial charge < -0.3 is 25.4 Å². The van der Waals surface area contributed by atoms with Crippen molar-refractivity contribution in [1.29, 1.82) is 0 Å². The summed E-state index contributed by atoms with van der Waals surface area (Å²) in [7, 11) is 0. The summed E-state index contributed by atoms with van der Waals surface area (Å²) in [5.74, 6) is 0.757. The molecule has 0 aromatic heterocycles. The lowest BCUT2D eigenvalue weighted by Gasteiger charge is -2.34. The Balaban J connectivity index is 1.90. The van der Waals surface area contributed by atoms with Crippen molar-refractivity contribution < 1.29 is 24.5 Å². The first-order chi connectivity index (χ1) is 15.4. The standard InChI is InChI=1S/C23H26Cl2N2O5/c24-8-10-31-23(30)27-9-7-16(20-12-17(25)3-6-21(20)26)11-22(27)15-1-4-19(5-2-15)32-14-18(29)13-28/h1-6,11-12,18,22,28-29H,7-10,13-14,26H2. The molecular weight excluding hydrogens is 455 g/mol. The molecule has 32 heavy (non-hydrogen) atoms. The maximum Gasteiger partial charge on any atom is 0.410 e. The molecule has 2 unspecified atom stereocenters. The van der Waals surface area contributed by atoms with Gasteiger partial charge in [0.1, 0.15) is 25.1 Å². The number of nitrogens with zero attached hydrogens (tertiary/aromatic N) is 1. The van der Waals surface area contributed by atoms with Crippen LogP contribution in [-0.2, 0) is 4.74 Å². The molecule has 0 spiro atoms. The van der Waals surface area contributed by atoms with Crippen molar-refractivity contribution in [3.8, 4) is 5.75 Å². The molecule has 1 aliphatic heterocycles. The highest BCUT2D eigenvalue weighted by Crippen LogP contribution is 2.37. The smallest absolute Gasteiger partial charge is 0.410 e. The molecule has 7 nitrogen and oxygen atoms in total. The molecule has 9 heteroatoms. The minimum atomic E-state index is -0.950. The number of alkyl halides is 1. The van der Waals surface area contributed by atoms with Gasteiger partial charge in [-0.1, -0.05) is 29.8 Å². The quantitative estimate of drug-likeness (QED) is 0.391. The molecule has 0 saturated carbocycles. The Hall–Kier alpha value is -2.45. The molecule has 2 aromatic rings. The summed E-state index contributed by atoms with van der Waals surface area (Å²) in [6.07, 6.45) is 1.18. The molecule has 2 aromatic carbocycles. The van der Waals surface area contributed by atoms with Gasteiger partial charge in [0.05, 0.1) is 18.5 Å². The van der Waals surface area contributed by atoms with Crippen molar-refractivity contribution in [3.05, 3.63) is 64.7 Å². The molecule has 1 aliphatic rings. The second-order valence-electron chi connectivity index (χ2n) is 7.33. The van der Waals surface area contributed by atoms with Crippen LogP contribution in [0, 0.1) is 0 Å². The van der Waals surface area contributed by atoms with E-state index < -0.39 is 18.2 Å². The van der Waals surface area contributed by atoms with E-state index in [0.29, 0.717) is 29.4 Å². The van der Waals surface area contributed by atoms with Gasteiger partial charge in [-0.25, -0.2) is 4.79 Å². The van der Waals surface area contributed by atoms with Crippen molar-refractivity contribution in [3.63, 3.8) is 0 Å².